The number of unbranched alkanes of at least 4 members (excludes halogenated alkanes) is 4. The molecule has 0 atom stereocenters. The van der Waals surface area contributed by atoms with Crippen molar-refractivity contribution in [3.63, 3.8) is 0 Å². The second-order valence-electron chi connectivity index (χ2n) is 2.12. The second kappa shape index (κ2) is 13.5. The van der Waals surface area contributed by atoms with E-state index in [0.717, 1.165) is 25.1 Å². The van der Waals surface area contributed by atoms with Gasteiger partial charge in [0.2, 0.25) is 0 Å². The maximum absolute atomic E-state index is 5.49. The Hall–Kier alpha value is 0.906. The van der Waals surface area contributed by atoms with Gasteiger partial charge >= 0.3 is 23.1 Å². The number of halogens is 2. The van der Waals surface area contributed by atoms with Gasteiger partial charge in [0.25, 0.3) is 0 Å². The van der Waals surface area contributed by atoms with Crippen molar-refractivity contribution in [3.05, 3.63) is 0 Å². The molecule has 0 spiro atoms. The van der Waals surface area contributed by atoms with Crippen molar-refractivity contribution < 1.29 is 0 Å². The molecule has 0 amide bonds. The van der Waals surface area contributed by atoms with Crippen LogP contribution in [0.3, 0.4) is 0 Å². The first kappa shape index (κ1) is 14.4. The van der Waals surface area contributed by atoms with E-state index in [1.54, 1.807) is 0 Å². The molecule has 0 saturated carbocycles. The van der Waals surface area contributed by atoms with Crippen LogP contribution in [-0.2, 0) is 0 Å². The van der Waals surface area contributed by atoms with Crippen LogP contribution in [-0.4, -0.2) is 28.9 Å². The summed E-state index contributed by atoms with van der Waals surface area (Å²) in [5.41, 5.74) is 0. The van der Waals surface area contributed by atoms with Gasteiger partial charge in [-0.3, -0.25) is 0 Å². The first-order valence-corrected chi connectivity index (χ1v) is 4.47. The molecule has 0 bridgehead atoms. The Kier molecular flexibility index (Phi) is 17.7. The first-order chi connectivity index (χ1) is 4.91. The molecule has 0 aromatic heterocycles. The minimum absolute atomic E-state index is 0. The summed E-state index contributed by atoms with van der Waals surface area (Å²) in [7, 11) is 0. The number of rotatable bonds is 5. The van der Waals surface area contributed by atoms with Crippen molar-refractivity contribution in [3.8, 4) is 11.3 Å². The molecule has 0 aliphatic rings. The van der Waals surface area contributed by atoms with Gasteiger partial charge in [-0.2, -0.15) is 0 Å². The summed E-state index contributed by atoms with van der Waals surface area (Å²) >= 11 is 10.7. The van der Waals surface area contributed by atoms with E-state index >= 15 is 0 Å². The Labute approximate surface area is 95.2 Å². The summed E-state index contributed by atoms with van der Waals surface area (Å²) < 4.78 is 0. The van der Waals surface area contributed by atoms with Crippen LogP contribution in [0.15, 0.2) is 0 Å². The highest BCUT2D eigenvalue weighted by Gasteiger charge is 1.85. The van der Waals surface area contributed by atoms with Crippen LogP contribution in [0.1, 0.15) is 32.1 Å². The van der Waals surface area contributed by atoms with Crippen molar-refractivity contribution in [1.82, 2.24) is 0 Å². The Morgan fingerprint density at radius 2 is 1.64 bits per heavy atom. The van der Waals surface area contributed by atoms with E-state index < -0.39 is 0 Å². The minimum atomic E-state index is 0. The molecule has 0 aromatic carbocycles. The van der Waals surface area contributed by atoms with Crippen molar-refractivity contribution in [2.24, 2.45) is 0 Å². The fourth-order valence-electron chi connectivity index (χ4n) is 0.709. The smallest absolute Gasteiger partial charge is 0.127 e. The maximum atomic E-state index is 5.49. The van der Waals surface area contributed by atoms with Gasteiger partial charge in [-0.15, -0.1) is 11.6 Å². The number of hydrogen-bond acceptors (Lipinski definition) is 0. The lowest BCUT2D eigenvalue weighted by molar-refractivity contribution is 0.682. The highest BCUT2D eigenvalue weighted by Crippen LogP contribution is 2.02. The van der Waals surface area contributed by atoms with E-state index in [1.165, 1.54) is 12.8 Å². The van der Waals surface area contributed by atoms with E-state index in [1.807, 2.05) is 0 Å². The maximum Gasteiger partial charge on any atom is 0.316 e. The molecule has 3 heteroatoms. The molecular formula is C8H14Cl2Mg. The average Bonchev–Trinajstić information content (AvgIpc) is 1.97. The minimum Gasteiger partial charge on any atom is -0.127 e. The monoisotopic (exact) mass is 204 g/mol. The topological polar surface area (TPSA) is 0 Å². The molecule has 0 saturated heterocycles. The molecule has 0 N–H and O–H groups in total. The third kappa shape index (κ3) is 13.8. The zero-order valence-corrected chi connectivity index (χ0v) is 7.51. The van der Waals surface area contributed by atoms with Crippen LogP contribution < -0.4 is 0 Å². The van der Waals surface area contributed by atoms with Crippen LogP contribution in [0.25, 0.3) is 0 Å². The van der Waals surface area contributed by atoms with E-state index in [0.29, 0.717) is 0 Å². The molecule has 0 nitrogen and oxygen atoms in total. The molecule has 0 heterocycles. The lowest BCUT2D eigenvalue weighted by Gasteiger charge is -1.93. The average molecular weight is 205 g/mol. The van der Waals surface area contributed by atoms with Crippen molar-refractivity contribution in [1.29, 1.82) is 0 Å². The first-order valence-electron chi connectivity index (χ1n) is 3.56. The van der Waals surface area contributed by atoms with Crippen molar-refractivity contribution in [2.45, 2.75) is 32.1 Å². The molecule has 62 valence electrons. The summed E-state index contributed by atoms with van der Waals surface area (Å²) in [5, 5.41) is 2.35. The lowest BCUT2D eigenvalue weighted by atomic mass is 10.2. The Morgan fingerprint density at radius 3 is 2.18 bits per heavy atom. The van der Waals surface area contributed by atoms with E-state index in [9.17, 15) is 0 Å². The molecular weight excluding hydrogens is 191 g/mol. The van der Waals surface area contributed by atoms with E-state index in [2.05, 4.69) is 11.3 Å². The van der Waals surface area contributed by atoms with Crippen LogP contribution >= 0.6 is 23.2 Å². The molecule has 0 aromatic rings. The van der Waals surface area contributed by atoms with Crippen LogP contribution in [0.4, 0.5) is 0 Å². The molecule has 11 heavy (non-hydrogen) atoms. The zero-order chi connectivity index (χ0) is 7.66. The van der Waals surface area contributed by atoms with Gasteiger partial charge in [-0.25, -0.2) is 0 Å². The molecule has 0 radical (unpaired) electrons. The van der Waals surface area contributed by atoms with Gasteiger partial charge in [0, 0.05) is 17.7 Å². The Morgan fingerprint density at radius 1 is 1.00 bits per heavy atom. The largest absolute Gasteiger partial charge is 0.316 e. The summed E-state index contributed by atoms with van der Waals surface area (Å²) in [4.78, 5) is 0. The number of alkyl halides is 1. The van der Waals surface area contributed by atoms with Gasteiger partial charge in [0.15, 0.2) is 0 Å². The Bertz CT molecular complexity index is 115. The Balaban J connectivity index is 0. The molecule has 0 aliphatic carbocycles. The quantitative estimate of drug-likeness (QED) is 0.280. The SMILES string of the molecule is ClC#CCCCCCCCl.[MgH2]. The van der Waals surface area contributed by atoms with Gasteiger partial charge in [-0.05, 0) is 24.4 Å². The fraction of sp³-hybridized carbons (Fsp3) is 0.750. The molecule has 0 fully saturated rings. The molecule has 0 rings (SSSR count). The highest BCUT2D eigenvalue weighted by molar-refractivity contribution is 6.30. The number of hydrogen-bond donors (Lipinski definition) is 0. The second-order valence-corrected chi connectivity index (χ2v) is 2.69. The van der Waals surface area contributed by atoms with Gasteiger partial charge in [0.05, 0.1) is 0 Å². The van der Waals surface area contributed by atoms with Gasteiger partial charge in [-0.1, -0.05) is 18.8 Å². The molecule has 0 aliphatic heterocycles. The molecule has 0 unspecified atom stereocenters. The van der Waals surface area contributed by atoms with Gasteiger partial charge < -0.3 is 0 Å². The van der Waals surface area contributed by atoms with Crippen molar-refractivity contribution >= 4 is 46.3 Å². The zero-order valence-electron chi connectivity index (χ0n) is 6.00. The van der Waals surface area contributed by atoms with Crippen LogP contribution in [0.2, 0.25) is 0 Å². The van der Waals surface area contributed by atoms with E-state index in [4.69, 9.17) is 23.2 Å². The van der Waals surface area contributed by atoms with E-state index in [-0.39, 0.29) is 23.1 Å². The fourth-order valence-corrected chi connectivity index (χ4v) is 0.992. The predicted octanol–water partition coefficient (Wildman–Crippen LogP) is 2.46. The summed E-state index contributed by atoms with van der Waals surface area (Å²) in [6.07, 6.45) is 5.63. The normalized spacial score (nSPS) is 7.82. The third-order valence-corrected chi connectivity index (χ3v) is 1.65. The standard InChI is InChI=1S/C8H12Cl2.Mg.2H/c9-7-5-3-1-2-4-6-8-10;;;/h1-5,7H2;;;. The van der Waals surface area contributed by atoms with Crippen LogP contribution in [0, 0.1) is 11.3 Å². The predicted molar refractivity (Wildman–Crippen MR) is 56.0 cm³/mol. The lowest BCUT2D eigenvalue weighted by Crippen LogP contribution is -1.77. The summed E-state index contributed by atoms with van der Waals surface area (Å²) in [6, 6.07) is 0. The van der Waals surface area contributed by atoms with Crippen LogP contribution in [0.5, 0.6) is 0 Å². The summed E-state index contributed by atoms with van der Waals surface area (Å²) in [6.45, 7) is 0. The van der Waals surface area contributed by atoms with Gasteiger partial charge in [0.1, 0.15) is 0 Å². The third-order valence-electron chi connectivity index (χ3n) is 1.25. The summed E-state index contributed by atoms with van der Waals surface area (Å²) in [5.74, 6) is 3.59. The highest BCUT2D eigenvalue weighted by atomic mass is 35.5. The van der Waals surface area contributed by atoms with Crippen molar-refractivity contribution in [2.75, 3.05) is 5.88 Å².